The Kier molecular flexibility index (Phi) is 4.78. The average Bonchev–Trinajstić information content (AvgIpc) is 2.94. The van der Waals surface area contributed by atoms with Gasteiger partial charge in [-0.2, -0.15) is 0 Å². The van der Waals surface area contributed by atoms with Gasteiger partial charge < -0.3 is 14.9 Å². The van der Waals surface area contributed by atoms with Gasteiger partial charge in [0, 0.05) is 11.8 Å². The van der Waals surface area contributed by atoms with Gasteiger partial charge in [-0.1, -0.05) is 19.4 Å². The zero-order valence-corrected chi connectivity index (χ0v) is 17.4. The van der Waals surface area contributed by atoms with Gasteiger partial charge in [-0.25, -0.2) is 4.79 Å². The molecule has 0 spiro atoms. The number of hydrogen-bond acceptors (Lipinski definition) is 5. The lowest BCUT2D eigenvalue weighted by atomic mass is 9.46. The minimum atomic E-state index is -1.49. The van der Waals surface area contributed by atoms with Crippen LogP contribution in [0.1, 0.15) is 72.1 Å². The predicted molar refractivity (Wildman–Crippen MR) is 104 cm³/mol. The summed E-state index contributed by atoms with van der Waals surface area (Å²) in [6.45, 7) is 6.31. The molecule has 0 aromatic rings. The number of hydrogen-bond donors (Lipinski definition) is 2. The van der Waals surface area contributed by atoms with E-state index in [9.17, 15) is 19.8 Å². The van der Waals surface area contributed by atoms with Crippen molar-refractivity contribution in [2.24, 2.45) is 28.6 Å². The fraction of sp³-hybridized carbons (Fsp3) is 0.826. The molecule has 5 heteroatoms. The zero-order valence-electron chi connectivity index (χ0n) is 17.4. The highest BCUT2D eigenvalue weighted by atomic mass is 16.5. The summed E-state index contributed by atoms with van der Waals surface area (Å²) in [5.74, 6) is 0.828. The molecule has 0 aromatic carbocycles. The van der Waals surface area contributed by atoms with Crippen molar-refractivity contribution in [2.75, 3.05) is 6.61 Å². The van der Waals surface area contributed by atoms with Crippen molar-refractivity contribution in [3.05, 3.63) is 11.6 Å². The van der Waals surface area contributed by atoms with Crippen LogP contribution in [-0.4, -0.2) is 40.3 Å². The number of aliphatic hydroxyl groups is 2. The number of carbonyl (C=O) groups excluding carboxylic acids is 2. The minimum absolute atomic E-state index is 0.0820. The summed E-state index contributed by atoms with van der Waals surface area (Å²) >= 11 is 0. The minimum Gasteiger partial charge on any atom is -0.464 e. The van der Waals surface area contributed by atoms with Crippen molar-refractivity contribution in [3.63, 3.8) is 0 Å². The van der Waals surface area contributed by atoms with Crippen molar-refractivity contribution < 1.29 is 24.5 Å². The van der Waals surface area contributed by atoms with Crippen LogP contribution in [0.15, 0.2) is 11.6 Å². The van der Waals surface area contributed by atoms with Gasteiger partial charge in [0.05, 0.1) is 6.61 Å². The highest BCUT2D eigenvalue weighted by molar-refractivity contribution is 5.91. The Morgan fingerprint density at radius 2 is 1.89 bits per heavy atom. The Labute approximate surface area is 167 Å². The van der Waals surface area contributed by atoms with Crippen LogP contribution in [0.5, 0.6) is 0 Å². The van der Waals surface area contributed by atoms with Gasteiger partial charge in [-0.3, -0.25) is 4.79 Å². The number of rotatable bonds is 3. The first-order valence-corrected chi connectivity index (χ1v) is 11.0. The Morgan fingerprint density at radius 3 is 2.61 bits per heavy atom. The molecule has 0 aromatic heterocycles. The first-order valence-electron chi connectivity index (χ1n) is 11.0. The fourth-order valence-electron chi connectivity index (χ4n) is 7.48. The first-order chi connectivity index (χ1) is 13.2. The van der Waals surface area contributed by atoms with Crippen molar-refractivity contribution in [1.82, 2.24) is 0 Å². The molecular weight excluding hydrogens is 356 g/mol. The molecule has 0 aliphatic heterocycles. The van der Waals surface area contributed by atoms with Crippen LogP contribution >= 0.6 is 0 Å². The summed E-state index contributed by atoms with van der Waals surface area (Å²) in [6.07, 6.45) is 7.01. The Bertz CT molecular complexity index is 714. The van der Waals surface area contributed by atoms with E-state index in [1.54, 1.807) is 6.92 Å². The molecule has 0 saturated heterocycles. The van der Waals surface area contributed by atoms with E-state index in [2.05, 4.69) is 13.8 Å². The standard InChI is InChI=1S/C23H34O5/c1-4-28-20(26)19(25)23(27)12-9-18-16-6-5-14-13-15(24)7-10-21(14,2)17(16)8-11-22(18,23)3/h13,16-19,25,27H,4-12H2,1-3H3/t16-,17+,18+,19-,21+,22+,23+/m1/s1. The molecule has 5 nitrogen and oxygen atoms in total. The van der Waals surface area contributed by atoms with Gasteiger partial charge in [-0.15, -0.1) is 0 Å². The SMILES string of the molecule is CCOC(=O)[C@@H](O)[C@@]1(O)CC[C@H]2[C@@H]3CCC4=CC(=O)CC[C@]4(C)[C@H]3CC[C@@]21C. The monoisotopic (exact) mass is 390 g/mol. The molecule has 0 unspecified atom stereocenters. The van der Waals surface area contributed by atoms with E-state index in [1.165, 1.54) is 5.57 Å². The predicted octanol–water partition coefficient (Wildman–Crippen LogP) is 3.17. The van der Waals surface area contributed by atoms with Crippen LogP contribution in [0.2, 0.25) is 0 Å². The second-order valence-electron chi connectivity index (χ2n) is 10.0. The van der Waals surface area contributed by atoms with Crippen molar-refractivity contribution >= 4 is 11.8 Å². The molecule has 2 N–H and O–H groups in total. The molecule has 4 aliphatic rings. The maximum atomic E-state index is 12.2. The number of fused-ring (bicyclic) bond motifs is 5. The molecule has 0 amide bonds. The number of carbonyl (C=O) groups is 2. The number of allylic oxidation sites excluding steroid dienone is 1. The van der Waals surface area contributed by atoms with Gasteiger partial charge in [0.2, 0.25) is 0 Å². The van der Waals surface area contributed by atoms with Crippen LogP contribution in [0.3, 0.4) is 0 Å². The van der Waals surface area contributed by atoms with Crippen LogP contribution in [0, 0.1) is 28.6 Å². The molecule has 0 radical (unpaired) electrons. The summed E-state index contributed by atoms with van der Waals surface area (Å²) in [5.41, 5.74) is -0.497. The van der Waals surface area contributed by atoms with Crippen molar-refractivity contribution in [3.8, 4) is 0 Å². The molecule has 28 heavy (non-hydrogen) atoms. The average molecular weight is 391 g/mol. The van der Waals surface area contributed by atoms with E-state index in [0.717, 1.165) is 38.5 Å². The third kappa shape index (κ3) is 2.58. The molecule has 156 valence electrons. The smallest absolute Gasteiger partial charge is 0.338 e. The molecule has 0 heterocycles. The van der Waals surface area contributed by atoms with E-state index < -0.39 is 23.1 Å². The normalized spacial score (nSPS) is 46.1. The van der Waals surface area contributed by atoms with E-state index >= 15 is 0 Å². The molecular formula is C23H34O5. The maximum Gasteiger partial charge on any atom is 0.338 e. The Hall–Kier alpha value is -1.20. The van der Waals surface area contributed by atoms with Gasteiger partial charge in [0.1, 0.15) is 5.60 Å². The molecule has 4 aliphatic carbocycles. The maximum absolute atomic E-state index is 12.2. The molecule has 7 atom stereocenters. The van der Waals surface area contributed by atoms with Gasteiger partial charge in [0.15, 0.2) is 11.9 Å². The molecule has 4 rings (SSSR count). The first kappa shape index (κ1) is 20.1. The van der Waals surface area contributed by atoms with Gasteiger partial charge in [0.25, 0.3) is 0 Å². The fourth-order valence-corrected chi connectivity index (χ4v) is 7.48. The van der Waals surface area contributed by atoms with E-state index in [1.807, 2.05) is 6.08 Å². The molecule has 3 saturated carbocycles. The Morgan fingerprint density at radius 1 is 1.18 bits per heavy atom. The lowest BCUT2D eigenvalue weighted by Crippen LogP contribution is -2.60. The topological polar surface area (TPSA) is 83.8 Å². The number of ether oxygens (including phenoxy) is 1. The van der Waals surface area contributed by atoms with Crippen LogP contribution in [-0.2, 0) is 14.3 Å². The second kappa shape index (κ2) is 6.66. The van der Waals surface area contributed by atoms with Crippen LogP contribution in [0.25, 0.3) is 0 Å². The Balaban J connectivity index is 1.63. The van der Waals surface area contributed by atoms with Crippen LogP contribution in [0.4, 0.5) is 0 Å². The summed E-state index contributed by atoms with van der Waals surface area (Å²) in [7, 11) is 0. The molecule has 0 bridgehead atoms. The van der Waals surface area contributed by atoms with E-state index in [0.29, 0.717) is 24.7 Å². The summed E-state index contributed by atoms with van der Waals surface area (Å²) < 4.78 is 5.02. The number of ketones is 1. The van der Waals surface area contributed by atoms with Crippen molar-refractivity contribution in [2.45, 2.75) is 83.8 Å². The summed E-state index contributed by atoms with van der Waals surface area (Å²) in [6, 6.07) is 0. The summed E-state index contributed by atoms with van der Waals surface area (Å²) in [4.78, 5) is 24.2. The third-order valence-corrected chi connectivity index (χ3v) is 9.14. The lowest BCUT2D eigenvalue weighted by Gasteiger charge is -2.59. The summed E-state index contributed by atoms with van der Waals surface area (Å²) in [5, 5.41) is 22.2. The van der Waals surface area contributed by atoms with Gasteiger partial charge in [-0.05, 0) is 81.1 Å². The highest BCUT2D eigenvalue weighted by Gasteiger charge is 2.67. The van der Waals surface area contributed by atoms with E-state index in [-0.39, 0.29) is 23.7 Å². The number of esters is 1. The number of aliphatic hydroxyl groups excluding tert-OH is 1. The zero-order chi connectivity index (χ0) is 20.3. The van der Waals surface area contributed by atoms with Crippen molar-refractivity contribution in [1.29, 1.82) is 0 Å². The van der Waals surface area contributed by atoms with E-state index in [4.69, 9.17) is 4.74 Å². The quantitative estimate of drug-likeness (QED) is 0.723. The molecule has 3 fully saturated rings. The van der Waals surface area contributed by atoms with Crippen LogP contribution < -0.4 is 0 Å². The largest absolute Gasteiger partial charge is 0.464 e. The highest BCUT2D eigenvalue weighted by Crippen LogP contribution is 2.68. The lowest BCUT2D eigenvalue weighted by molar-refractivity contribution is -0.198. The van der Waals surface area contributed by atoms with Gasteiger partial charge >= 0.3 is 5.97 Å². The third-order valence-electron chi connectivity index (χ3n) is 9.14. The second-order valence-corrected chi connectivity index (χ2v) is 10.0.